The Morgan fingerprint density at radius 3 is 1.14 bits per heavy atom. The Hall–Kier alpha value is -1.14. The Bertz CT molecular complexity index is 349. The molecule has 0 radical (unpaired) electrons. The van der Waals surface area contributed by atoms with Gasteiger partial charge in [0.25, 0.3) is 0 Å². The highest BCUT2D eigenvalue weighted by Gasteiger charge is 2.39. The number of aliphatic carboxylic acids is 2. The second-order valence-corrected chi connectivity index (χ2v) is 7.14. The van der Waals surface area contributed by atoms with Crippen LogP contribution in [0.15, 0.2) is 0 Å². The lowest BCUT2D eigenvalue weighted by Gasteiger charge is -2.37. The number of carboxylic acids is 2. The highest BCUT2D eigenvalue weighted by molar-refractivity contribution is 6.25. The predicted octanol–water partition coefficient (Wildman–Crippen LogP) is -1.21. The fraction of sp³-hybridized carbons (Fsp3) is 0.875. The van der Waals surface area contributed by atoms with Crippen LogP contribution in [0.2, 0.25) is 0 Å². The van der Waals surface area contributed by atoms with Gasteiger partial charge in [0, 0.05) is 13.1 Å². The summed E-state index contributed by atoms with van der Waals surface area (Å²) in [6.07, 6.45) is 11.9. The van der Waals surface area contributed by atoms with E-state index in [1.165, 1.54) is 77.5 Å². The normalized spacial score (nSPS) is 26.0. The zero-order chi connectivity index (χ0) is 16.1. The Morgan fingerprint density at radius 1 is 0.682 bits per heavy atom. The van der Waals surface area contributed by atoms with Gasteiger partial charge in [-0.25, -0.2) is 0 Å². The van der Waals surface area contributed by atoms with Gasteiger partial charge in [-0.2, -0.15) is 0 Å². The van der Waals surface area contributed by atoms with Gasteiger partial charge in [0.2, 0.25) is 0 Å². The maximum absolute atomic E-state index is 8.93. The van der Waals surface area contributed by atoms with Crippen molar-refractivity contribution in [2.24, 2.45) is 10.8 Å². The van der Waals surface area contributed by atoms with Gasteiger partial charge in [-0.1, -0.05) is 12.8 Å². The number of carboxylic acid groups (broad SMARTS) is 2. The molecule has 0 unspecified atom stereocenters. The van der Waals surface area contributed by atoms with Crippen LogP contribution in [0.5, 0.6) is 0 Å². The summed E-state index contributed by atoms with van der Waals surface area (Å²) in [6, 6.07) is 0. The van der Waals surface area contributed by atoms with Crippen molar-refractivity contribution in [1.82, 2.24) is 10.6 Å². The van der Waals surface area contributed by atoms with Crippen molar-refractivity contribution < 1.29 is 19.8 Å². The van der Waals surface area contributed by atoms with E-state index in [-0.39, 0.29) is 0 Å². The third-order valence-corrected chi connectivity index (χ3v) is 5.66. The molecule has 0 bridgehead atoms. The minimum absolute atomic E-state index is 0.806. The summed E-state index contributed by atoms with van der Waals surface area (Å²) < 4.78 is 0. The molecule has 0 atom stereocenters. The van der Waals surface area contributed by atoms with Crippen molar-refractivity contribution in [1.29, 1.82) is 0 Å². The number of carbonyl (C=O) groups is 2. The molecule has 126 valence electrons. The molecule has 0 amide bonds. The molecule has 2 heterocycles. The van der Waals surface area contributed by atoms with Crippen molar-refractivity contribution in [2.75, 3.05) is 26.2 Å². The monoisotopic (exact) mass is 310 g/mol. The quantitative estimate of drug-likeness (QED) is 0.544. The van der Waals surface area contributed by atoms with Crippen molar-refractivity contribution >= 4 is 11.9 Å². The Kier molecular flexibility index (Phi) is 5.81. The van der Waals surface area contributed by atoms with E-state index in [1.54, 1.807) is 0 Å². The first kappa shape index (κ1) is 17.2. The molecule has 6 heteroatoms. The lowest BCUT2D eigenvalue weighted by Crippen LogP contribution is -2.42. The van der Waals surface area contributed by atoms with E-state index in [0.29, 0.717) is 0 Å². The summed E-state index contributed by atoms with van der Waals surface area (Å²) >= 11 is 0. The highest BCUT2D eigenvalue weighted by Crippen LogP contribution is 2.45. The smallest absolute Gasteiger partial charge is 0.0870 e. The summed E-state index contributed by atoms with van der Waals surface area (Å²) in [5, 5.41) is 24.7. The van der Waals surface area contributed by atoms with Crippen LogP contribution in [-0.4, -0.2) is 38.1 Å². The second kappa shape index (κ2) is 7.42. The molecule has 2 spiro atoms. The minimum atomic E-state index is -2.19. The van der Waals surface area contributed by atoms with Crippen LogP contribution in [0.1, 0.15) is 51.4 Å². The van der Waals surface area contributed by atoms with Crippen LogP contribution in [0.4, 0.5) is 0 Å². The molecule has 2 N–H and O–H groups in total. The first-order valence-electron chi connectivity index (χ1n) is 8.31. The van der Waals surface area contributed by atoms with E-state index in [1.807, 2.05) is 0 Å². The molecule has 0 aromatic heterocycles. The molecule has 2 aliphatic carbocycles. The molecule has 2 aliphatic heterocycles. The molecule has 0 aromatic carbocycles. The zero-order valence-corrected chi connectivity index (χ0v) is 13.1. The number of hydrogen-bond acceptors (Lipinski definition) is 6. The highest BCUT2D eigenvalue weighted by atomic mass is 16.4. The van der Waals surface area contributed by atoms with Crippen molar-refractivity contribution in [3.63, 3.8) is 0 Å². The zero-order valence-electron chi connectivity index (χ0n) is 13.1. The van der Waals surface area contributed by atoms with E-state index in [2.05, 4.69) is 10.6 Å². The van der Waals surface area contributed by atoms with Crippen LogP contribution < -0.4 is 20.8 Å². The van der Waals surface area contributed by atoms with Gasteiger partial charge in [-0.3, -0.25) is 0 Å². The fourth-order valence-corrected chi connectivity index (χ4v) is 3.80. The molecule has 0 aromatic rings. The number of rotatable bonds is 0. The number of nitrogens with one attached hydrogen (secondary N) is 2. The molecule has 2 saturated carbocycles. The number of hydrogen-bond donors (Lipinski definition) is 2. The fourth-order valence-electron chi connectivity index (χ4n) is 3.80. The molecular weight excluding hydrogens is 284 g/mol. The Balaban J connectivity index is 0.000000123. The average molecular weight is 310 g/mol. The molecular formula is C16H26N2O4-2. The largest absolute Gasteiger partial charge is 0.543 e. The third-order valence-electron chi connectivity index (χ3n) is 5.66. The first-order valence-corrected chi connectivity index (χ1v) is 8.31. The molecule has 4 aliphatic rings. The van der Waals surface area contributed by atoms with Gasteiger partial charge < -0.3 is 30.4 Å². The maximum Gasteiger partial charge on any atom is 0.0870 e. The van der Waals surface area contributed by atoms with Gasteiger partial charge in [0.15, 0.2) is 0 Å². The van der Waals surface area contributed by atoms with Gasteiger partial charge in [-0.15, -0.1) is 0 Å². The predicted molar refractivity (Wildman–Crippen MR) is 77.6 cm³/mol. The summed E-state index contributed by atoms with van der Waals surface area (Å²) in [5.41, 5.74) is 1.61. The summed E-state index contributed by atoms with van der Waals surface area (Å²) in [5.74, 6) is -4.37. The third kappa shape index (κ3) is 4.43. The van der Waals surface area contributed by atoms with Gasteiger partial charge >= 0.3 is 0 Å². The van der Waals surface area contributed by atoms with Crippen LogP contribution in [0.25, 0.3) is 0 Å². The summed E-state index contributed by atoms with van der Waals surface area (Å²) in [6.45, 7) is 5.18. The van der Waals surface area contributed by atoms with Crippen LogP contribution in [0.3, 0.4) is 0 Å². The van der Waals surface area contributed by atoms with Gasteiger partial charge in [0.05, 0.1) is 11.9 Å². The molecule has 4 rings (SSSR count). The van der Waals surface area contributed by atoms with Crippen molar-refractivity contribution in [3.8, 4) is 0 Å². The number of carbonyl (C=O) groups excluding carboxylic acids is 2. The van der Waals surface area contributed by atoms with E-state index in [0.717, 1.165) is 10.8 Å². The van der Waals surface area contributed by atoms with Crippen molar-refractivity contribution in [3.05, 3.63) is 0 Å². The van der Waals surface area contributed by atoms with Gasteiger partial charge in [0.1, 0.15) is 0 Å². The topological polar surface area (TPSA) is 104 Å². The molecule has 4 fully saturated rings. The SMILES string of the molecule is C1CC2(C1)CCNC2.C1CC2(C1)CCNC2.O=C([O-])C(=O)[O-]. The minimum Gasteiger partial charge on any atom is -0.543 e. The van der Waals surface area contributed by atoms with Crippen molar-refractivity contribution in [2.45, 2.75) is 51.4 Å². The van der Waals surface area contributed by atoms with E-state index < -0.39 is 11.9 Å². The maximum atomic E-state index is 8.93. The van der Waals surface area contributed by atoms with Crippen LogP contribution >= 0.6 is 0 Å². The van der Waals surface area contributed by atoms with Crippen LogP contribution in [0, 0.1) is 10.8 Å². The lowest BCUT2D eigenvalue weighted by molar-refractivity contribution is -0.345. The molecule has 22 heavy (non-hydrogen) atoms. The summed E-state index contributed by atoms with van der Waals surface area (Å²) in [7, 11) is 0. The Labute approximate surface area is 131 Å². The standard InChI is InChI=1S/2C7H13N.C2H2O4/c2*1-2-7(3-1)4-5-8-6-7;3-1(4)2(5)6/h2*8H,1-6H2;(H,3,4)(H,5,6)/p-2. The van der Waals surface area contributed by atoms with Gasteiger partial charge in [-0.05, 0) is 62.4 Å². The van der Waals surface area contributed by atoms with E-state index in [4.69, 9.17) is 19.8 Å². The molecule has 6 nitrogen and oxygen atoms in total. The Morgan fingerprint density at radius 2 is 1.05 bits per heavy atom. The van der Waals surface area contributed by atoms with E-state index in [9.17, 15) is 0 Å². The molecule has 2 saturated heterocycles. The summed E-state index contributed by atoms with van der Waals surface area (Å²) in [4.78, 5) is 17.9. The van der Waals surface area contributed by atoms with E-state index >= 15 is 0 Å². The lowest BCUT2D eigenvalue weighted by atomic mass is 9.68. The first-order chi connectivity index (χ1) is 10.5. The van der Waals surface area contributed by atoms with Crippen LogP contribution in [-0.2, 0) is 9.59 Å². The average Bonchev–Trinajstić information content (AvgIpc) is 3.08. The second-order valence-electron chi connectivity index (χ2n) is 7.14.